The number of esters is 1. The average molecular weight is 203 g/mol. The van der Waals surface area contributed by atoms with Crippen molar-refractivity contribution in [3.63, 3.8) is 0 Å². The molecule has 0 radical (unpaired) electrons. The van der Waals surface area contributed by atoms with Crippen molar-refractivity contribution < 1.29 is 14.3 Å². The fourth-order valence-electron chi connectivity index (χ4n) is 0.835. The van der Waals surface area contributed by atoms with Crippen LogP contribution in [0.1, 0.15) is 33.6 Å². The molecule has 0 aliphatic rings. The van der Waals surface area contributed by atoms with Crippen LogP contribution in [0.3, 0.4) is 0 Å². The molecule has 0 aromatic rings. The average Bonchev–Trinajstić information content (AvgIpc) is 2.02. The normalized spacial score (nSPS) is 13.8. The Hall–Kier alpha value is -0.610. The molecule has 0 aliphatic carbocycles. The van der Waals surface area contributed by atoms with Crippen LogP contribution in [0.15, 0.2) is 0 Å². The van der Waals surface area contributed by atoms with Crippen LogP contribution >= 0.6 is 0 Å². The lowest BCUT2D eigenvalue weighted by Crippen LogP contribution is -2.26. The minimum absolute atomic E-state index is 0.141. The third-order valence-corrected chi connectivity index (χ3v) is 2.01. The third-order valence-electron chi connectivity index (χ3n) is 2.01. The minimum Gasteiger partial charge on any atom is -0.466 e. The first-order chi connectivity index (χ1) is 6.37. The van der Waals surface area contributed by atoms with Gasteiger partial charge < -0.3 is 15.2 Å². The van der Waals surface area contributed by atoms with Crippen molar-refractivity contribution in [1.29, 1.82) is 0 Å². The van der Waals surface area contributed by atoms with E-state index in [1.54, 1.807) is 14.0 Å². The zero-order valence-corrected chi connectivity index (χ0v) is 9.50. The number of hydrogen-bond donors (Lipinski definition) is 1. The number of ether oxygens (including phenoxy) is 2. The van der Waals surface area contributed by atoms with Crippen molar-refractivity contribution in [1.82, 2.24) is 0 Å². The maximum atomic E-state index is 11.1. The molecule has 0 amide bonds. The molecule has 1 atom stereocenters. The third kappa shape index (κ3) is 6.86. The van der Waals surface area contributed by atoms with Gasteiger partial charge in [0.15, 0.2) is 0 Å². The summed E-state index contributed by atoms with van der Waals surface area (Å²) in [5.74, 6) is -0.244. The van der Waals surface area contributed by atoms with E-state index in [0.29, 0.717) is 13.0 Å². The van der Waals surface area contributed by atoms with E-state index < -0.39 is 0 Å². The molecule has 0 heterocycles. The SMILES string of the molecule is COC(C)(C)CCOC(=O)CC(C)N. The molecular formula is C10H21NO3. The van der Waals surface area contributed by atoms with E-state index in [2.05, 4.69) is 0 Å². The van der Waals surface area contributed by atoms with Gasteiger partial charge in [-0.15, -0.1) is 0 Å². The van der Waals surface area contributed by atoms with E-state index in [4.69, 9.17) is 15.2 Å². The lowest BCUT2D eigenvalue weighted by Gasteiger charge is -2.22. The van der Waals surface area contributed by atoms with E-state index >= 15 is 0 Å². The summed E-state index contributed by atoms with van der Waals surface area (Å²) in [6, 6.07) is -0.141. The summed E-state index contributed by atoms with van der Waals surface area (Å²) in [7, 11) is 1.64. The molecule has 2 N–H and O–H groups in total. The Morgan fingerprint density at radius 1 is 1.50 bits per heavy atom. The van der Waals surface area contributed by atoms with Crippen LogP contribution in [0.5, 0.6) is 0 Å². The second-order valence-electron chi connectivity index (χ2n) is 4.12. The number of methoxy groups -OCH3 is 1. The summed E-state index contributed by atoms with van der Waals surface area (Å²) < 4.78 is 10.2. The van der Waals surface area contributed by atoms with Crippen LogP contribution in [0.4, 0.5) is 0 Å². The zero-order chi connectivity index (χ0) is 11.2. The van der Waals surface area contributed by atoms with Crippen molar-refractivity contribution in [3.05, 3.63) is 0 Å². The highest BCUT2D eigenvalue weighted by Crippen LogP contribution is 2.12. The maximum absolute atomic E-state index is 11.1. The van der Waals surface area contributed by atoms with E-state index in [1.807, 2.05) is 13.8 Å². The number of carbonyl (C=O) groups excluding carboxylic acids is 1. The Morgan fingerprint density at radius 2 is 2.07 bits per heavy atom. The molecule has 0 fully saturated rings. The molecule has 0 aliphatic heterocycles. The first kappa shape index (κ1) is 13.4. The van der Waals surface area contributed by atoms with Crippen LogP contribution in [0.2, 0.25) is 0 Å². The second kappa shape index (κ2) is 5.98. The van der Waals surface area contributed by atoms with Gasteiger partial charge in [-0.25, -0.2) is 0 Å². The summed E-state index contributed by atoms with van der Waals surface area (Å²) in [4.78, 5) is 11.1. The molecule has 0 aromatic heterocycles. The van der Waals surface area contributed by atoms with Gasteiger partial charge in [-0.1, -0.05) is 0 Å². The summed E-state index contributed by atoms with van der Waals surface area (Å²) in [5, 5.41) is 0. The summed E-state index contributed by atoms with van der Waals surface area (Å²) in [6.45, 7) is 6.06. The van der Waals surface area contributed by atoms with Gasteiger partial charge in [0.1, 0.15) is 0 Å². The number of carbonyl (C=O) groups is 1. The first-order valence-corrected chi connectivity index (χ1v) is 4.84. The highest BCUT2D eigenvalue weighted by atomic mass is 16.5. The number of hydrogen-bond acceptors (Lipinski definition) is 4. The van der Waals surface area contributed by atoms with Gasteiger partial charge in [-0.2, -0.15) is 0 Å². The van der Waals surface area contributed by atoms with Crippen molar-refractivity contribution >= 4 is 5.97 Å². The predicted octanol–water partition coefficient (Wildman–Crippen LogP) is 1.08. The lowest BCUT2D eigenvalue weighted by molar-refractivity contribution is -0.145. The lowest BCUT2D eigenvalue weighted by atomic mass is 10.1. The highest BCUT2D eigenvalue weighted by Gasteiger charge is 2.17. The second-order valence-corrected chi connectivity index (χ2v) is 4.12. The van der Waals surface area contributed by atoms with E-state index in [9.17, 15) is 4.79 Å². The smallest absolute Gasteiger partial charge is 0.307 e. The van der Waals surface area contributed by atoms with Gasteiger partial charge in [0.05, 0.1) is 18.6 Å². The molecule has 0 spiro atoms. The van der Waals surface area contributed by atoms with Gasteiger partial charge in [0, 0.05) is 19.6 Å². The molecule has 0 aromatic carbocycles. The zero-order valence-electron chi connectivity index (χ0n) is 9.50. The van der Waals surface area contributed by atoms with Crippen LogP contribution in [-0.4, -0.2) is 31.3 Å². The van der Waals surface area contributed by atoms with Crippen LogP contribution in [0.25, 0.3) is 0 Å². The highest BCUT2D eigenvalue weighted by molar-refractivity contribution is 5.69. The first-order valence-electron chi connectivity index (χ1n) is 4.84. The Labute approximate surface area is 85.8 Å². The Morgan fingerprint density at radius 3 is 2.50 bits per heavy atom. The fourth-order valence-corrected chi connectivity index (χ4v) is 0.835. The molecule has 84 valence electrons. The van der Waals surface area contributed by atoms with Gasteiger partial charge in [0.25, 0.3) is 0 Å². The fraction of sp³-hybridized carbons (Fsp3) is 0.900. The predicted molar refractivity (Wildman–Crippen MR) is 54.9 cm³/mol. The molecule has 0 rings (SSSR count). The van der Waals surface area contributed by atoms with Gasteiger partial charge in [-0.05, 0) is 20.8 Å². The van der Waals surface area contributed by atoms with Crippen molar-refractivity contribution in [2.24, 2.45) is 5.73 Å². The minimum atomic E-state index is -0.244. The largest absolute Gasteiger partial charge is 0.466 e. The number of rotatable bonds is 6. The summed E-state index contributed by atoms with van der Waals surface area (Å²) in [6.07, 6.45) is 0.960. The monoisotopic (exact) mass is 203 g/mol. The van der Waals surface area contributed by atoms with Crippen LogP contribution in [-0.2, 0) is 14.3 Å². The standard InChI is InChI=1S/C10H21NO3/c1-8(11)7-9(12)14-6-5-10(2,3)13-4/h8H,5-7,11H2,1-4H3. The summed E-state index contributed by atoms with van der Waals surface area (Å²) >= 11 is 0. The topological polar surface area (TPSA) is 61.5 Å². The van der Waals surface area contributed by atoms with Crippen molar-refractivity contribution in [2.45, 2.75) is 45.3 Å². The molecule has 1 unspecified atom stereocenters. The van der Waals surface area contributed by atoms with Gasteiger partial charge in [-0.3, -0.25) is 4.79 Å². The van der Waals surface area contributed by atoms with E-state index in [0.717, 1.165) is 0 Å². The van der Waals surface area contributed by atoms with Gasteiger partial charge >= 0.3 is 5.97 Å². The van der Waals surface area contributed by atoms with E-state index in [-0.39, 0.29) is 24.0 Å². The molecule has 0 saturated heterocycles. The molecule has 0 saturated carbocycles. The van der Waals surface area contributed by atoms with Crippen molar-refractivity contribution in [2.75, 3.05) is 13.7 Å². The number of nitrogens with two attached hydrogens (primary N) is 1. The molecular weight excluding hydrogens is 182 g/mol. The molecule has 4 nitrogen and oxygen atoms in total. The summed E-state index contributed by atoms with van der Waals surface area (Å²) in [5.41, 5.74) is 5.21. The Bertz CT molecular complexity index is 178. The van der Waals surface area contributed by atoms with Gasteiger partial charge in [0.2, 0.25) is 0 Å². The van der Waals surface area contributed by atoms with Crippen molar-refractivity contribution in [3.8, 4) is 0 Å². The van der Waals surface area contributed by atoms with E-state index in [1.165, 1.54) is 0 Å². The Balaban J connectivity index is 3.59. The Kier molecular flexibility index (Phi) is 5.72. The maximum Gasteiger partial charge on any atom is 0.307 e. The molecule has 0 bridgehead atoms. The van der Waals surface area contributed by atoms with Crippen LogP contribution < -0.4 is 5.73 Å². The quantitative estimate of drug-likeness (QED) is 0.656. The van der Waals surface area contributed by atoms with Crippen LogP contribution in [0, 0.1) is 0 Å². The molecule has 14 heavy (non-hydrogen) atoms. The molecule has 4 heteroatoms.